The first-order valence-electron chi connectivity index (χ1n) is 5.88. The maximum absolute atomic E-state index is 13.2. The molecule has 108 valence electrons. The summed E-state index contributed by atoms with van der Waals surface area (Å²) in [7, 11) is 0. The zero-order chi connectivity index (χ0) is 15.5. The minimum atomic E-state index is -4.45. The predicted molar refractivity (Wildman–Crippen MR) is 66.9 cm³/mol. The second kappa shape index (κ2) is 5.83. The van der Waals surface area contributed by atoms with Crippen LogP contribution in [0.3, 0.4) is 0 Å². The highest BCUT2D eigenvalue weighted by Gasteiger charge is 2.30. The summed E-state index contributed by atoms with van der Waals surface area (Å²) in [5.41, 5.74) is -0.335. The van der Waals surface area contributed by atoms with Gasteiger partial charge in [0.25, 0.3) is 0 Å². The highest BCUT2D eigenvalue weighted by molar-refractivity contribution is 5.34. The quantitative estimate of drug-likeness (QED) is 0.791. The van der Waals surface area contributed by atoms with E-state index in [9.17, 15) is 17.6 Å². The smallest absolute Gasteiger partial charge is 0.416 e. The molecule has 21 heavy (non-hydrogen) atoms. The minimum Gasteiger partial charge on any atom is -0.489 e. The second-order valence-electron chi connectivity index (χ2n) is 4.27. The van der Waals surface area contributed by atoms with E-state index < -0.39 is 17.6 Å². The van der Waals surface area contributed by atoms with Crippen molar-refractivity contribution in [2.45, 2.75) is 12.8 Å². The van der Waals surface area contributed by atoms with Crippen molar-refractivity contribution in [2.75, 3.05) is 0 Å². The summed E-state index contributed by atoms with van der Waals surface area (Å²) in [6, 6.07) is 9.83. The molecule has 0 heterocycles. The monoisotopic (exact) mass is 295 g/mol. The van der Waals surface area contributed by atoms with E-state index in [1.807, 2.05) is 0 Å². The van der Waals surface area contributed by atoms with Crippen LogP contribution in [0.25, 0.3) is 0 Å². The Kier molecular flexibility index (Phi) is 4.13. The van der Waals surface area contributed by atoms with Crippen molar-refractivity contribution >= 4 is 0 Å². The van der Waals surface area contributed by atoms with Crippen LogP contribution in [0.5, 0.6) is 5.75 Å². The highest BCUT2D eigenvalue weighted by atomic mass is 19.4. The molecule has 0 unspecified atom stereocenters. The molecule has 0 bridgehead atoms. The van der Waals surface area contributed by atoms with Crippen molar-refractivity contribution in [1.82, 2.24) is 0 Å². The zero-order valence-electron chi connectivity index (χ0n) is 10.6. The van der Waals surface area contributed by atoms with E-state index in [0.717, 1.165) is 24.3 Å². The Morgan fingerprint density at radius 3 is 2.52 bits per heavy atom. The summed E-state index contributed by atoms with van der Waals surface area (Å²) in [6.45, 7) is -0.131. The van der Waals surface area contributed by atoms with Gasteiger partial charge in [-0.25, -0.2) is 4.39 Å². The van der Waals surface area contributed by atoms with Gasteiger partial charge in [-0.2, -0.15) is 18.4 Å². The van der Waals surface area contributed by atoms with E-state index in [1.165, 1.54) is 18.2 Å². The first-order valence-corrected chi connectivity index (χ1v) is 5.88. The van der Waals surface area contributed by atoms with Gasteiger partial charge < -0.3 is 4.74 Å². The van der Waals surface area contributed by atoms with Crippen LogP contribution in [0.4, 0.5) is 17.6 Å². The Labute approximate surface area is 118 Å². The van der Waals surface area contributed by atoms with Crippen molar-refractivity contribution < 1.29 is 22.3 Å². The topological polar surface area (TPSA) is 33.0 Å². The van der Waals surface area contributed by atoms with E-state index in [-0.39, 0.29) is 17.9 Å². The molecule has 0 aliphatic carbocycles. The van der Waals surface area contributed by atoms with Gasteiger partial charge in [0.1, 0.15) is 18.2 Å². The van der Waals surface area contributed by atoms with Gasteiger partial charge in [-0.1, -0.05) is 6.07 Å². The molecule has 2 rings (SSSR count). The van der Waals surface area contributed by atoms with Gasteiger partial charge in [0.2, 0.25) is 0 Å². The first kappa shape index (κ1) is 14.9. The van der Waals surface area contributed by atoms with Crippen molar-refractivity contribution in [1.29, 1.82) is 5.26 Å². The molecule has 2 aromatic rings. The number of hydrogen-bond acceptors (Lipinski definition) is 2. The third kappa shape index (κ3) is 3.96. The van der Waals surface area contributed by atoms with Gasteiger partial charge in [0.05, 0.1) is 17.2 Å². The molecule has 0 spiro atoms. The van der Waals surface area contributed by atoms with E-state index in [4.69, 9.17) is 10.00 Å². The highest BCUT2D eigenvalue weighted by Crippen LogP contribution is 2.31. The number of nitriles is 1. The molecule has 0 fully saturated rings. The number of alkyl halides is 3. The van der Waals surface area contributed by atoms with Crippen LogP contribution in [0.15, 0.2) is 42.5 Å². The van der Waals surface area contributed by atoms with Crippen LogP contribution in [-0.2, 0) is 12.8 Å². The van der Waals surface area contributed by atoms with Crippen LogP contribution in [0.2, 0.25) is 0 Å². The lowest BCUT2D eigenvalue weighted by Gasteiger charge is -2.10. The van der Waals surface area contributed by atoms with Crippen LogP contribution < -0.4 is 4.74 Å². The average molecular weight is 295 g/mol. The largest absolute Gasteiger partial charge is 0.489 e. The fourth-order valence-corrected chi connectivity index (χ4v) is 1.73. The Bertz CT molecular complexity index is 689. The van der Waals surface area contributed by atoms with Crippen molar-refractivity contribution in [2.24, 2.45) is 0 Å². The molecule has 0 aromatic heterocycles. The lowest BCUT2D eigenvalue weighted by Crippen LogP contribution is -2.05. The number of hydrogen-bond donors (Lipinski definition) is 0. The van der Waals surface area contributed by atoms with E-state index in [2.05, 4.69) is 0 Å². The van der Waals surface area contributed by atoms with Crippen LogP contribution in [0.1, 0.15) is 16.7 Å². The predicted octanol–water partition coefficient (Wildman–Crippen LogP) is 4.30. The lowest BCUT2D eigenvalue weighted by molar-refractivity contribution is -0.137. The van der Waals surface area contributed by atoms with Crippen molar-refractivity contribution in [3.63, 3.8) is 0 Å². The summed E-state index contributed by atoms with van der Waals surface area (Å²) in [6.07, 6.45) is -4.45. The SMILES string of the molecule is N#Cc1cc(F)cc(COc2cccc(C(F)(F)F)c2)c1. The molecular weight excluding hydrogens is 286 g/mol. The molecule has 0 N–H and O–H groups in total. The number of benzene rings is 2. The van der Waals surface area contributed by atoms with E-state index in [1.54, 1.807) is 6.07 Å². The number of ether oxygens (including phenoxy) is 1. The third-order valence-corrected chi connectivity index (χ3v) is 2.65. The molecule has 0 atom stereocenters. The summed E-state index contributed by atoms with van der Waals surface area (Å²) in [5, 5.41) is 8.72. The zero-order valence-corrected chi connectivity index (χ0v) is 10.6. The maximum atomic E-state index is 13.2. The standard InChI is InChI=1S/C15H9F4NO/c16-13-5-10(8-20)4-11(6-13)9-21-14-3-1-2-12(7-14)15(17,18)19/h1-7H,9H2. The lowest BCUT2D eigenvalue weighted by atomic mass is 10.1. The van der Waals surface area contributed by atoms with Crippen LogP contribution in [-0.4, -0.2) is 0 Å². The number of nitrogens with zero attached hydrogens (tertiary/aromatic N) is 1. The molecule has 0 aliphatic rings. The van der Waals surface area contributed by atoms with Gasteiger partial charge in [-0.3, -0.25) is 0 Å². The summed E-state index contributed by atoms with van der Waals surface area (Å²) in [4.78, 5) is 0. The Hall–Kier alpha value is -2.55. The Morgan fingerprint density at radius 2 is 1.86 bits per heavy atom. The van der Waals surface area contributed by atoms with Gasteiger partial charge in [0.15, 0.2) is 0 Å². The minimum absolute atomic E-state index is 0.0209. The normalized spacial score (nSPS) is 11.0. The summed E-state index contributed by atoms with van der Waals surface area (Å²) in [5.74, 6) is -0.579. The summed E-state index contributed by atoms with van der Waals surface area (Å²) < 4.78 is 56.0. The fourth-order valence-electron chi connectivity index (χ4n) is 1.73. The average Bonchev–Trinajstić information content (AvgIpc) is 2.44. The molecule has 0 amide bonds. The maximum Gasteiger partial charge on any atom is 0.416 e. The molecule has 6 heteroatoms. The number of rotatable bonds is 3. The van der Waals surface area contributed by atoms with Gasteiger partial charge in [-0.05, 0) is 42.0 Å². The summed E-state index contributed by atoms with van der Waals surface area (Å²) >= 11 is 0. The Morgan fingerprint density at radius 1 is 1.10 bits per heavy atom. The second-order valence-corrected chi connectivity index (χ2v) is 4.27. The number of halogens is 4. The molecule has 2 nitrogen and oxygen atoms in total. The van der Waals surface area contributed by atoms with Crippen molar-refractivity contribution in [3.05, 3.63) is 65.0 Å². The van der Waals surface area contributed by atoms with Gasteiger partial charge in [-0.15, -0.1) is 0 Å². The first-order chi connectivity index (χ1) is 9.88. The molecule has 0 radical (unpaired) electrons. The van der Waals surface area contributed by atoms with Gasteiger partial charge >= 0.3 is 6.18 Å². The fraction of sp³-hybridized carbons (Fsp3) is 0.133. The molecule has 2 aromatic carbocycles. The van der Waals surface area contributed by atoms with Crippen molar-refractivity contribution in [3.8, 4) is 11.8 Å². The van der Waals surface area contributed by atoms with Crippen LogP contribution >= 0.6 is 0 Å². The Balaban J connectivity index is 2.14. The van der Waals surface area contributed by atoms with E-state index >= 15 is 0 Å². The molecular formula is C15H9F4NO. The molecule has 0 saturated heterocycles. The molecule has 0 saturated carbocycles. The van der Waals surface area contributed by atoms with Gasteiger partial charge in [0, 0.05) is 0 Å². The molecule has 0 aliphatic heterocycles. The third-order valence-electron chi connectivity index (χ3n) is 2.65. The van der Waals surface area contributed by atoms with Crippen LogP contribution in [0, 0.1) is 17.1 Å². The van der Waals surface area contributed by atoms with E-state index in [0.29, 0.717) is 5.56 Å².